The largest absolute Gasteiger partial charge is 0.379 e. The Morgan fingerprint density at radius 2 is 1.96 bits per heavy atom. The Morgan fingerprint density at radius 1 is 1.12 bits per heavy atom. The zero-order valence-electron chi connectivity index (χ0n) is 15.0. The van der Waals surface area contributed by atoms with Crippen molar-refractivity contribution in [3.63, 3.8) is 0 Å². The highest BCUT2D eigenvalue weighted by atomic mass is 32.1. The fourth-order valence-electron chi connectivity index (χ4n) is 3.27. The molecule has 0 spiro atoms. The number of thiazole rings is 1. The molecule has 0 atom stereocenters. The number of hydrogen-bond acceptors (Lipinski definition) is 6. The van der Waals surface area contributed by atoms with Crippen LogP contribution in [0.2, 0.25) is 0 Å². The number of likely N-dealkylation sites (tertiary alicyclic amines) is 1. The van der Waals surface area contributed by atoms with Gasteiger partial charge in [-0.05, 0) is 32.9 Å². The molecule has 0 N–H and O–H groups in total. The van der Waals surface area contributed by atoms with E-state index < -0.39 is 0 Å². The van der Waals surface area contributed by atoms with Gasteiger partial charge in [0.15, 0.2) is 0 Å². The van der Waals surface area contributed by atoms with Gasteiger partial charge in [0.2, 0.25) is 0 Å². The maximum atomic E-state index is 5.64. The van der Waals surface area contributed by atoms with E-state index in [1.165, 1.54) is 10.8 Å². The van der Waals surface area contributed by atoms with Crippen LogP contribution in [0.25, 0.3) is 0 Å². The Balaban J connectivity index is 1.42. The van der Waals surface area contributed by atoms with Crippen LogP contribution in [0, 0.1) is 0 Å². The third kappa shape index (κ3) is 5.60. The highest BCUT2D eigenvalue weighted by Gasteiger charge is 2.24. The molecule has 0 radical (unpaired) electrons. The molecule has 0 unspecified atom stereocenters. The van der Waals surface area contributed by atoms with Gasteiger partial charge in [-0.3, -0.25) is 4.90 Å². The van der Waals surface area contributed by atoms with Gasteiger partial charge in [-0.25, -0.2) is 9.97 Å². The molecule has 3 heterocycles. The predicted octanol–water partition coefficient (Wildman–Crippen LogP) is 2.77. The SMILES string of the molecule is CCOCCOCCn1ccnc1C1CCN(Cc2nccs2)CC1. The molecule has 138 valence electrons. The first-order valence-electron chi connectivity index (χ1n) is 9.14. The van der Waals surface area contributed by atoms with Gasteiger partial charge in [-0.2, -0.15) is 0 Å². The summed E-state index contributed by atoms with van der Waals surface area (Å²) >= 11 is 1.74. The molecular weight excluding hydrogens is 336 g/mol. The molecule has 1 saturated heterocycles. The molecule has 1 fully saturated rings. The molecule has 0 amide bonds. The Bertz CT molecular complexity index is 594. The number of piperidine rings is 1. The Hall–Kier alpha value is -1.28. The quantitative estimate of drug-likeness (QED) is 0.607. The zero-order valence-corrected chi connectivity index (χ0v) is 15.8. The number of imidazole rings is 1. The van der Waals surface area contributed by atoms with Gasteiger partial charge in [0, 0.05) is 43.0 Å². The number of ether oxygens (including phenoxy) is 2. The minimum atomic E-state index is 0.547. The maximum Gasteiger partial charge on any atom is 0.111 e. The van der Waals surface area contributed by atoms with Crippen molar-refractivity contribution in [1.29, 1.82) is 0 Å². The predicted molar refractivity (Wildman–Crippen MR) is 98.9 cm³/mol. The molecule has 25 heavy (non-hydrogen) atoms. The molecule has 2 aromatic heterocycles. The summed E-state index contributed by atoms with van der Waals surface area (Å²) in [5.74, 6) is 1.76. The number of nitrogens with zero attached hydrogens (tertiary/aromatic N) is 4. The summed E-state index contributed by atoms with van der Waals surface area (Å²) in [6.07, 6.45) is 8.20. The van der Waals surface area contributed by atoms with E-state index in [0.717, 1.165) is 45.6 Å². The summed E-state index contributed by atoms with van der Waals surface area (Å²) in [5.41, 5.74) is 0. The van der Waals surface area contributed by atoms with E-state index in [0.29, 0.717) is 25.7 Å². The summed E-state index contributed by atoms with van der Waals surface area (Å²) in [5, 5.41) is 3.26. The van der Waals surface area contributed by atoms with Crippen LogP contribution in [-0.4, -0.2) is 59.0 Å². The lowest BCUT2D eigenvalue weighted by Gasteiger charge is -2.31. The number of hydrogen-bond donors (Lipinski definition) is 0. The van der Waals surface area contributed by atoms with Gasteiger partial charge >= 0.3 is 0 Å². The van der Waals surface area contributed by atoms with Gasteiger partial charge in [0.05, 0.1) is 26.4 Å². The van der Waals surface area contributed by atoms with E-state index >= 15 is 0 Å². The highest BCUT2D eigenvalue weighted by Crippen LogP contribution is 2.27. The summed E-state index contributed by atoms with van der Waals surface area (Å²) in [7, 11) is 0. The molecule has 1 aliphatic heterocycles. The summed E-state index contributed by atoms with van der Waals surface area (Å²) < 4.78 is 13.2. The minimum Gasteiger partial charge on any atom is -0.379 e. The second-order valence-electron chi connectivity index (χ2n) is 6.26. The van der Waals surface area contributed by atoms with Gasteiger partial charge in [0.25, 0.3) is 0 Å². The van der Waals surface area contributed by atoms with Crippen LogP contribution in [0.4, 0.5) is 0 Å². The lowest BCUT2D eigenvalue weighted by molar-refractivity contribution is 0.0493. The average molecular weight is 365 g/mol. The van der Waals surface area contributed by atoms with Gasteiger partial charge in [-0.15, -0.1) is 11.3 Å². The molecular formula is C18H28N4O2S. The first-order chi connectivity index (χ1) is 12.4. The number of rotatable bonds is 10. The van der Waals surface area contributed by atoms with Crippen LogP contribution in [0.1, 0.15) is 36.5 Å². The molecule has 1 aliphatic rings. The fourth-order valence-corrected chi connectivity index (χ4v) is 3.93. The molecule has 2 aromatic rings. The average Bonchev–Trinajstić information content (AvgIpc) is 3.31. The monoisotopic (exact) mass is 364 g/mol. The molecule has 0 aliphatic carbocycles. The van der Waals surface area contributed by atoms with E-state index in [-0.39, 0.29) is 0 Å². The highest BCUT2D eigenvalue weighted by molar-refractivity contribution is 7.09. The Morgan fingerprint density at radius 3 is 2.72 bits per heavy atom. The van der Waals surface area contributed by atoms with Gasteiger partial charge in [0.1, 0.15) is 10.8 Å². The first kappa shape index (κ1) is 18.5. The lowest BCUT2D eigenvalue weighted by atomic mass is 9.96. The topological polar surface area (TPSA) is 52.4 Å². The van der Waals surface area contributed by atoms with Crippen molar-refractivity contribution in [3.05, 3.63) is 34.8 Å². The van der Waals surface area contributed by atoms with Gasteiger partial charge in [-0.1, -0.05) is 0 Å². The minimum absolute atomic E-state index is 0.547. The fraction of sp³-hybridized carbons (Fsp3) is 0.667. The van der Waals surface area contributed by atoms with Crippen LogP contribution in [-0.2, 0) is 22.6 Å². The van der Waals surface area contributed by atoms with Crippen LogP contribution >= 0.6 is 11.3 Å². The smallest absolute Gasteiger partial charge is 0.111 e. The second kappa shape index (κ2) is 10.0. The van der Waals surface area contributed by atoms with Crippen molar-refractivity contribution >= 4 is 11.3 Å². The molecule has 0 aromatic carbocycles. The molecule has 0 bridgehead atoms. The summed E-state index contributed by atoms with van der Waals surface area (Å²) in [6.45, 7) is 8.85. The maximum absolute atomic E-state index is 5.64. The van der Waals surface area contributed by atoms with Crippen LogP contribution in [0.5, 0.6) is 0 Å². The summed E-state index contributed by atoms with van der Waals surface area (Å²) in [6, 6.07) is 0. The van der Waals surface area contributed by atoms with E-state index in [1.54, 1.807) is 11.3 Å². The van der Waals surface area contributed by atoms with E-state index in [2.05, 4.69) is 31.0 Å². The summed E-state index contributed by atoms with van der Waals surface area (Å²) in [4.78, 5) is 11.5. The van der Waals surface area contributed by atoms with Crippen LogP contribution in [0.15, 0.2) is 24.0 Å². The Labute approximate surface area is 153 Å². The van der Waals surface area contributed by atoms with Crippen LogP contribution in [0.3, 0.4) is 0 Å². The lowest BCUT2D eigenvalue weighted by Crippen LogP contribution is -2.33. The second-order valence-corrected chi connectivity index (χ2v) is 7.24. The molecule has 0 saturated carbocycles. The van der Waals surface area contributed by atoms with E-state index in [4.69, 9.17) is 9.47 Å². The number of aromatic nitrogens is 3. The third-order valence-electron chi connectivity index (χ3n) is 4.60. The van der Waals surface area contributed by atoms with Crippen molar-refractivity contribution in [2.75, 3.05) is 39.5 Å². The van der Waals surface area contributed by atoms with Gasteiger partial charge < -0.3 is 14.0 Å². The molecule has 3 rings (SSSR count). The van der Waals surface area contributed by atoms with Crippen molar-refractivity contribution < 1.29 is 9.47 Å². The first-order valence-corrected chi connectivity index (χ1v) is 10.0. The van der Waals surface area contributed by atoms with Crippen molar-refractivity contribution in [2.45, 2.75) is 38.8 Å². The normalized spacial score (nSPS) is 16.5. The van der Waals surface area contributed by atoms with Crippen molar-refractivity contribution in [2.24, 2.45) is 0 Å². The standard InChI is InChI=1S/C18H28N4O2S/c1-2-23-12-13-24-11-10-22-9-5-20-18(22)16-3-7-21(8-4-16)15-17-19-6-14-25-17/h5-6,9,14,16H,2-4,7-8,10-13,15H2,1H3. The van der Waals surface area contributed by atoms with Crippen molar-refractivity contribution in [3.8, 4) is 0 Å². The third-order valence-corrected chi connectivity index (χ3v) is 5.36. The molecule has 6 nitrogen and oxygen atoms in total. The van der Waals surface area contributed by atoms with Crippen molar-refractivity contribution in [1.82, 2.24) is 19.4 Å². The van der Waals surface area contributed by atoms with E-state index in [1.807, 2.05) is 19.3 Å². The molecule has 7 heteroatoms. The Kier molecular flexibility index (Phi) is 7.41. The van der Waals surface area contributed by atoms with Crippen LogP contribution < -0.4 is 0 Å². The van der Waals surface area contributed by atoms with E-state index in [9.17, 15) is 0 Å². The zero-order chi connectivity index (χ0) is 17.3.